The molecule has 3 aromatic rings. The summed E-state index contributed by atoms with van der Waals surface area (Å²) < 4.78 is 70.4. The Bertz CT molecular complexity index is 1140. The zero-order chi connectivity index (χ0) is 23.0. The van der Waals surface area contributed by atoms with Crippen LogP contribution in [0, 0.1) is 0 Å². The molecule has 0 fully saturated rings. The normalized spacial score (nSPS) is 16.2. The number of alkyl halides is 5. The second-order valence-corrected chi connectivity index (χ2v) is 7.14. The summed E-state index contributed by atoms with van der Waals surface area (Å²) >= 11 is 0. The Labute approximate surface area is 178 Å². The van der Waals surface area contributed by atoms with Crippen molar-refractivity contribution in [3.8, 4) is 17.1 Å². The Morgan fingerprint density at radius 3 is 2.72 bits per heavy atom. The van der Waals surface area contributed by atoms with Gasteiger partial charge in [0.15, 0.2) is 5.69 Å². The minimum atomic E-state index is -4.66. The molecule has 1 amide bonds. The van der Waals surface area contributed by atoms with E-state index in [1.807, 2.05) is 0 Å². The van der Waals surface area contributed by atoms with Crippen LogP contribution >= 0.6 is 0 Å². The Kier molecular flexibility index (Phi) is 5.57. The van der Waals surface area contributed by atoms with E-state index in [2.05, 4.69) is 25.2 Å². The van der Waals surface area contributed by atoms with E-state index in [1.165, 1.54) is 19.3 Å². The number of nitrogens with zero attached hydrogens (tertiary/aromatic N) is 5. The number of aromatic nitrogens is 5. The van der Waals surface area contributed by atoms with Crippen molar-refractivity contribution >= 4 is 5.91 Å². The molecule has 32 heavy (non-hydrogen) atoms. The Balaban J connectivity index is 1.57. The number of fused-ring (bicyclic) bond motifs is 1. The lowest BCUT2D eigenvalue weighted by Gasteiger charge is -2.24. The van der Waals surface area contributed by atoms with Crippen LogP contribution in [0.5, 0.6) is 5.88 Å². The van der Waals surface area contributed by atoms with E-state index >= 15 is 0 Å². The molecule has 0 aromatic carbocycles. The molecule has 1 aliphatic rings. The molecule has 0 radical (unpaired) electrons. The standard InChI is InChI=1S/C19H17F5N6O2/c1-29-14(9-15(28-29)19(22,23)24)17(31)26-11-3-2-6-30-13(11)8-12(27-30)10-4-5-25-16(7-10)32-18(20)21/h4-5,7-9,11,18H,2-3,6H2,1H3,(H,26,31)/t11-/m0/s1. The molecule has 1 aliphatic heterocycles. The molecule has 0 saturated heterocycles. The van der Waals surface area contributed by atoms with Gasteiger partial charge in [0.2, 0.25) is 5.88 Å². The second-order valence-electron chi connectivity index (χ2n) is 7.14. The van der Waals surface area contributed by atoms with Crippen LogP contribution in [-0.4, -0.2) is 37.1 Å². The summed E-state index contributed by atoms with van der Waals surface area (Å²) in [4.78, 5) is 16.4. The fourth-order valence-corrected chi connectivity index (χ4v) is 3.55. The minimum absolute atomic E-state index is 0.225. The Morgan fingerprint density at radius 1 is 1.25 bits per heavy atom. The molecular weight excluding hydrogens is 439 g/mol. The van der Waals surface area contributed by atoms with E-state index < -0.39 is 30.4 Å². The van der Waals surface area contributed by atoms with Gasteiger partial charge in [-0.1, -0.05) is 0 Å². The summed E-state index contributed by atoms with van der Waals surface area (Å²) in [5, 5.41) is 10.5. The van der Waals surface area contributed by atoms with Crippen LogP contribution in [0.3, 0.4) is 0 Å². The van der Waals surface area contributed by atoms with Crippen molar-refractivity contribution < 1.29 is 31.5 Å². The fraction of sp³-hybridized carbons (Fsp3) is 0.368. The van der Waals surface area contributed by atoms with Crippen molar-refractivity contribution in [2.24, 2.45) is 7.05 Å². The molecule has 8 nitrogen and oxygen atoms in total. The summed E-state index contributed by atoms with van der Waals surface area (Å²) in [6, 6.07) is 4.79. The van der Waals surface area contributed by atoms with Gasteiger partial charge in [-0.25, -0.2) is 4.98 Å². The van der Waals surface area contributed by atoms with Crippen molar-refractivity contribution in [1.82, 2.24) is 29.9 Å². The van der Waals surface area contributed by atoms with Gasteiger partial charge in [-0.3, -0.25) is 14.2 Å². The summed E-state index contributed by atoms with van der Waals surface area (Å²) in [7, 11) is 1.26. The van der Waals surface area contributed by atoms with Gasteiger partial charge in [-0.05, 0) is 25.0 Å². The van der Waals surface area contributed by atoms with E-state index in [4.69, 9.17) is 0 Å². The number of halogens is 5. The van der Waals surface area contributed by atoms with E-state index in [9.17, 15) is 26.7 Å². The van der Waals surface area contributed by atoms with Crippen molar-refractivity contribution in [3.63, 3.8) is 0 Å². The molecule has 1 atom stereocenters. The van der Waals surface area contributed by atoms with E-state index in [-0.39, 0.29) is 11.6 Å². The maximum Gasteiger partial charge on any atom is 0.435 e. The zero-order valence-corrected chi connectivity index (χ0v) is 16.6. The van der Waals surface area contributed by atoms with Gasteiger partial charge in [0.25, 0.3) is 5.91 Å². The maximum absolute atomic E-state index is 12.9. The lowest BCUT2D eigenvalue weighted by molar-refractivity contribution is -0.141. The number of amides is 1. The first kappa shape index (κ1) is 21.7. The van der Waals surface area contributed by atoms with Gasteiger partial charge in [0, 0.05) is 37.5 Å². The fourth-order valence-electron chi connectivity index (χ4n) is 3.55. The molecule has 170 valence electrons. The topological polar surface area (TPSA) is 86.9 Å². The molecular formula is C19H17F5N6O2. The lowest BCUT2D eigenvalue weighted by atomic mass is 10.0. The van der Waals surface area contributed by atoms with E-state index in [0.29, 0.717) is 42.4 Å². The molecule has 1 N–H and O–H groups in total. The molecule has 0 spiro atoms. The summed E-state index contributed by atoms with van der Waals surface area (Å²) in [5.41, 5.74) is 0.218. The molecule has 0 unspecified atom stereocenters. The third kappa shape index (κ3) is 4.41. The monoisotopic (exact) mass is 456 g/mol. The molecule has 0 saturated carbocycles. The van der Waals surface area contributed by atoms with Crippen molar-refractivity contribution in [2.45, 2.75) is 38.2 Å². The number of carbonyl (C=O) groups excluding carboxylic acids is 1. The second kappa shape index (κ2) is 8.20. The highest BCUT2D eigenvalue weighted by molar-refractivity contribution is 5.93. The smallest absolute Gasteiger partial charge is 0.417 e. The van der Waals surface area contributed by atoms with Crippen LogP contribution in [0.1, 0.15) is 40.8 Å². The van der Waals surface area contributed by atoms with Gasteiger partial charge in [-0.15, -0.1) is 0 Å². The molecule has 4 rings (SSSR count). The number of rotatable bonds is 5. The third-order valence-corrected chi connectivity index (χ3v) is 4.98. The first-order valence-electron chi connectivity index (χ1n) is 9.53. The van der Waals surface area contributed by atoms with Crippen molar-refractivity contribution in [3.05, 3.63) is 47.5 Å². The Hall–Kier alpha value is -3.51. The Morgan fingerprint density at radius 2 is 2.03 bits per heavy atom. The van der Waals surface area contributed by atoms with Crippen LogP contribution in [0.2, 0.25) is 0 Å². The number of pyridine rings is 1. The number of hydrogen-bond donors (Lipinski definition) is 1. The van der Waals surface area contributed by atoms with Crippen LogP contribution in [0.15, 0.2) is 30.5 Å². The predicted octanol–water partition coefficient (Wildman–Crippen LogP) is 3.56. The highest BCUT2D eigenvalue weighted by atomic mass is 19.4. The highest BCUT2D eigenvalue weighted by Gasteiger charge is 2.36. The van der Waals surface area contributed by atoms with Crippen LogP contribution in [0.4, 0.5) is 22.0 Å². The van der Waals surface area contributed by atoms with Crippen LogP contribution in [0.25, 0.3) is 11.3 Å². The molecule has 13 heteroatoms. The van der Waals surface area contributed by atoms with Crippen molar-refractivity contribution in [1.29, 1.82) is 0 Å². The SMILES string of the molecule is Cn1nc(C(F)(F)F)cc1C(=O)N[C@H]1CCCn2nc(-c3ccnc(OC(F)F)c3)cc21. The molecule has 3 aromatic heterocycles. The van der Waals surface area contributed by atoms with Crippen LogP contribution in [-0.2, 0) is 19.8 Å². The quantitative estimate of drug-likeness (QED) is 0.594. The average molecular weight is 456 g/mol. The maximum atomic E-state index is 12.9. The number of hydrogen-bond acceptors (Lipinski definition) is 5. The van der Waals surface area contributed by atoms with Gasteiger partial charge in [0.05, 0.1) is 17.4 Å². The summed E-state index contributed by atoms with van der Waals surface area (Å²) in [5.74, 6) is -0.960. The largest absolute Gasteiger partial charge is 0.435 e. The van der Waals surface area contributed by atoms with E-state index in [1.54, 1.807) is 16.8 Å². The number of aryl methyl sites for hydroxylation is 2. The predicted molar refractivity (Wildman–Crippen MR) is 99.7 cm³/mol. The average Bonchev–Trinajstić information content (AvgIpc) is 3.32. The highest BCUT2D eigenvalue weighted by Crippen LogP contribution is 2.31. The minimum Gasteiger partial charge on any atom is -0.417 e. The summed E-state index contributed by atoms with van der Waals surface area (Å²) in [6.07, 6.45) is -2.12. The van der Waals surface area contributed by atoms with Gasteiger partial charge in [0.1, 0.15) is 5.69 Å². The molecule has 4 heterocycles. The number of nitrogens with one attached hydrogen (secondary N) is 1. The zero-order valence-electron chi connectivity index (χ0n) is 16.6. The summed E-state index contributed by atoms with van der Waals surface area (Å²) in [6.45, 7) is -2.45. The van der Waals surface area contributed by atoms with Gasteiger partial charge >= 0.3 is 12.8 Å². The van der Waals surface area contributed by atoms with Crippen molar-refractivity contribution in [2.75, 3.05) is 0 Å². The number of carbonyl (C=O) groups is 1. The third-order valence-electron chi connectivity index (χ3n) is 4.98. The lowest BCUT2D eigenvalue weighted by Crippen LogP contribution is -2.33. The molecule has 0 bridgehead atoms. The van der Waals surface area contributed by atoms with Gasteiger partial charge < -0.3 is 10.1 Å². The first-order valence-corrected chi connectivity index (χ1v) is 9.53. The van der Waals surface area contributed by atoms with E-state index in [0.717, 1.165) is 4.68 Å². The molecule has 0 aliphatic carbocycles. The van der Waals surface area contributed by atoms with Crippen LogP contribution < -0.4 is 10.1 Å². The number of ether oxygens (including phenoxy) is 1. The van der Waals surface area contributed by atoms with Gasteiger partial charge in [-0.2, -0.15) is 32.1 Å². The first-order chi connectivity index (χ1) is 15.1.